The highest BCUT2D eigenvalue weighted by Crippen LogP contribution is 2.10. The van der Waals surface area contributed by atoms with Gasteiger partial charge in [0.05, 0.1) is 0 Å². The SMILES string of the molecule is CC/C=C\C/C=C\C/C=C\C/C=C\C/C=C\C/C=C\CCC(=O)OCC(COC(=O)CCC/C=C\CCCCCC)OC(=O)CCC/C=C\C/C=C\C/C=C\CCCCCCCC. The summed E-state index contributed by atoms with van der Waals surface area (Å²) in [4.78, 5) is 37.8. The first kappa shape index (κ1) is 58.8. The Kier molecular flexibility index (Phi) is 47.1. The number of carbonyl (C=O) groups is 3. The minimum absolute atomic E-state index is 0.140. The molecule has 0 aromatic carbocycles. The van der Waals surface area contributed by atoms with E-state index in [4.69, 9.17) is 14.2 Å². The Bertz CT molecular complexity index is 1370. The van der Waals surface area contributed by atoms with Crippen molar-refractivity contribution in [2.24, 2.45) is 0 Å². The summed E-state index contributed by atoms with van der Waals surface area (Å²) in [5.74, 6) is -1.12. The molecule has 0 amide bonds. The van der Waals surface area contributed by atoms with Crippen molar-refractivity contribution in [3.8, 4) is 0 Å². The first-order valence-electron chi connectivity index (χ1n) is 25.0. The van der Waals surface area contributed by atoms with Crippen molar-refractivity contribution in [2.45, 2.75) is 207 Å². The van der Waals surface area contributed by atoms with Crippen LogP contribution in [0.2, 0.25) is 0 Å². The summed E-state index contributed by atoms with van der Waals surface area (Å²) in [6, 6.07) is 0. The summed E-state index contributed by atoms with van der Waals surface area (Å²) in [6.07, 6.45) is 69.3. The second kappa shape index (κ2) is 50.5. The summed E-state index contributed by atoms with van der Waals surface area (Å²) in [5.41, 5.74) is 0. The van der Waals surface area contributed by atoms with Gasteiger partial charge in [-0.1, -0.05) is 194 Å². The predicted molar refractivity (Wildman–Crippen MR) is 269 cm³/mol. The third-order valence-electron chi connectivity index (χ3n) is 9.93. The zero-order valence-corrected chi connectivity index (χ0v) is 40.3. The lowest BCUT2D eigenvalue weighted by Crippen LogP contribution is -2.30. The fraction of sp³-hybridized carbons (Fsp3) is 0.596. The van der Waals surface area contributed by atoms with Crippen LogP contribution in [0, 0.1) is 0 Å². The average molecular weight is 871 g/mol. The van der Waals surface area contributed by atoms with Gasteiger partial charge in [0.25, 0.3) is 0 Å². The molecule has 1 unspecified atom stereocenters. The number of rotatable bonds is 43. The van der Waals surface area contributed by atoms with Gasteiger partial charge in [-0.3, -0.25) is 14.4 Å². The molecule has 0 radical (unpaired) electrons. The molecule has 0 aliphatic rings. The standard InChI is InChI=1S/C57H90O6/c1-4-7-10-13-16-19-21-23-25-27-28-30-31-33-35-38-41-44-47-50-56(59)62-53-54(52-61-55(58)49-46-43-40-37-18-15-12-9-6-3)63-57(60)51-48-45-42-39-36-34-32-29-26-24-22-20-17-14-11-8-5-2/h7,10,16,19,23-26,28,30,32-35,37,39-42,44,54H,4-6,8-9,11-15,17-18,20-22,27,29,31,36,38,43,45-53H2,1-3H3/b10-7-,19-16-,25-23-,26-24-,30-28-,34-32-,35-33-,40-37-,42-39-,44-41-. The van der Waals surface area contributed by atoms with Crippen LogP contribution in [0.3, 0.4) is 0 Å². The van der Waals surface area contributed by atoms with E-state index in [0.29, 0.717) is 19.3 Å². The van der Waals surface area contributed by atoms with Crippen LogP contribution in [0.15, 0.2) is 122 Å². The first-order chi connectivity index (χ1) is 31.0. The summed E-state index contributed by atoms with van der Waals surface area (Å²) in [6.45, 7) is 6.32. The molecule has 0 aliphatic carbocycles. The van der Waals surface area contributed by atoms with E-state index in [1.165, 1.54) is 70.6 Å². The molecule has 0 heterocycles. The van der Waals surface area contributed by atoms with Crippen LogP contribution in [0.4, 0.5) is 0 Å². The van der Waals surface area contributed by atoms with Crippen LogP contribution < -0.4 is 0 Å². The second-order valence-corrected chi connectivity index (χ2v) is 16.0. The van der Waals surface area contributed by atoms with Gasteiger partial charge in [-0.15, -0.1) is 0 Å². The normalized spacial score (nSPS) is 13.1. The topological polar surface area (TPSA) is 78.9 Å². The van der Waals surface area contributed by atoms with Gasteiger partial charge in [0.2, 0.25) is 0 Å². The lowest BCUT2D eigenvalue weighted by Gasteiger charge is -2.18. The van der Waals surface area contributed by atoms with Crippen molar-refractivity contribution in [1.29, 1.82) is 0 Å². The van der Waals surface area contributed by atoms with Crippen LogP contribution in [0.25, 0.3) is 0 Å². The molecule has 0 aromatic rings. The van der Waals surface area contributed by atoms with Gasteiger partial charge < -0.3 is 14.2 Å². The molecule has 0 saturated carbocycles. The van der Waals surface area contributed by atoms with Gasteiger partial charge in [0.15, 0.2) is 6.10 Å². The van der Waals surface area contributed by atoms with Gasteiger partial charge in [-0.05, 0) is 109 Å². The number of allylic oxidation sites excluding steroid dienone is 20. The van der Waals surface area contributed by atoms with E-state index in [2.05, 4.69) is 130 Å². The molecule has 0 saturated heterocycles. The highest BCUT2D eigenvalue weighted by molar-refractivity contribution is 5.71. The van der Waals surface area contributed by atoms with Crippen molar-refractivity contribution in [3.63, 3.8) is 0 Å². The molecule has 63 heavy (non-hydrogen) atoms. The van der Waals surface area contributed by atoms with E-state index in [9.17, 15) is 14.4 Å². The Hall–Kier alpha value is -4.19. The molecule has 0 bridgehead atoms. The van der Waals surface area contributed by atoms with Crippen LogP contribution in [0.1, 0.15) is 201 Å². The zero-order chi connectivity index (χ0) is 45.8. The lowest BCUT2D eigenvalue weighted by molar-refractivity contribution is -0.166. The molecule has 6 heteroatoms. The van der Waals surface area contributed by atoms with Gasteiger partial charge >= 0.3 is 17.9 Å². The third-order valence-corrected chi connectivity index (χ3v) is 9.93. The molecular formula is C57H90O6. The number of hydrogen-bond acceptors (Lipinski definition) is 6. The highest BCUT2D eigenvalue weighted by Gasteiger charge is 2.19. The van der Waals surface area contributed by atoms with Crippen LogP contribution in [-0.4, -0.2) is 37.2 Å². The third kappa shape index (κ3) is 48.7. The molecule has 0 spiro atoms. The summed E-state index contributed by atoms with van der Waals surface area (Å²) < 4.78 is 16.6. The van der Waals surface area contributed by atoms with E-state index in [0.717, 1.165) is 70.6 Å². The number of unbranched alkanes of at least 4 members (excludes halogenated alkanes) is 12. The van der Waals surface area contributed by atoms with Gasteiger partial charge in [0.1, 0.15) is 13.2 Å². The number of ether oxygens (including phenoxy) is 3. The monoisotopic (exact) mass is 871 g/mol. The second-order valence-electron chi connectivity index (χ2n) is 16.0. The molecule has 0 N–H and O–H groups in total. The Morgan fingerprint density at radius 1 is 0.333 bits per heavy atom. The van der Waals surface area contributed by atoms with Gasteiger partial charge in [-0.2, -0.15) is 0 Å². The fourth-order valence-electron chi connectivity index (χ4n) is 6.19. The van der Waals surface area contributed by atoms with Gasteiger partial charge in [0, 0.05) is 19.3 Å². The summed E-state index contributed by atoms with van der Waals surface area (Å²) >= 11 is 0. The van der Waals surface area contributed by atoms with Gasteiger partial charge in [-0.25, -0.2) is 0 Å². The maximum atomic E-state index is 12.7. The van der Waals surface area contributed by atoms with E-state index in [-0.39, 0.29) is 44.4 Å². The Morgan fingerprint density at radius 3 is 1.10 bits per heavy atom. The van der Waals surface area contributed by atoms with Crippen molar-refractivity contribution in [1.82, 2.24) is 0 Å². The summed E-state index contributed by atoms with van der Waals surface area (Å²) in [7, 11) is 0. The van der Waals surface area contributed by atoms with E-state index in [1.54, 1.807) is 0 Å². The first-order valence-corrected chi connectivity index (χ1v) is 25.0. The fourth-order valence-corrected chi connectivity index (χ4v) is 6.19. The lowest BCUT2D eigenvalue weighted by atomic mass is 10.1. The molecule has 0 fully saturated rings. The highest BCUT2D eigenvalue weighted by atomic mass is 16.6. The minimum atomic E-state index is -0.847. The van der Waals surface area contributed by atoms with Crippen molar-refractivity contribution < 1.29 is 28.6 Å². The van der Waals surface area contributed by atoms with Crippen LogP contribution in [0.5, 0.6) is 0 Å². The number of hydrogen-bond donors (Lipinski definition) is 0. The van der Waals surface area contributed by atoms with Crippen molar-refractivity contribution in [3.05, 3.63) is 122 Å². The quantitative estimate of drug-likeness (QED) is 0.0263. The molecule has 0 aliphatic heterocycles. The number of esters is 3. The molecule has 354 valence electrons. The number of carbonyl (C=O) groups excluding carboxylic acids is 3. The molecule has 6 nitrogen and oxygen atoms in total. The molecular weight excluding hydrogens is 781 g/mol. The van der Waals surface area contributed by atoms with Crippen molar-refractivity contribution >= 4 is 17.9 Å². The smallest absolute Gasteiger partial charge is 0.306 e. The average Bonchev–Trinajstić information content (AvgIpc) is 3.28. The Balaban J connectivity index is 4.58. The summed E-state index contributed by atoms with van der Waals surface area (Å²) in [5, 5.41) is 0. The largest absolute Gasteiger partial charge is 0.462 e. The van der Waals surface area contributed by atoms with Crippen molar-refractivity contribution in [2.75, 3.05) is 13.2 Å². The molecule has 0 aromatic heterocycles. The van der Waals surface area contributed by atoms with Crippen LogP contribution >= 0.6 is 0 Å². The maximum absolute atomic E-state index is 12.7. The van der Waals surface area contributed by atoms with E-state index >= 15 is 0 Å². The molecule has 1 atom stereocenters. The minimum Gasteiger partial charge on any atom is -0.462 e. The predicted octanol–water partition coefficient (Wildman–Crippen LogP) is 16.5. The van der Waals surface area contributed by atoms with E-state index in [1.807, 2.05) is 12.2 Å². The van der Waals surface area contributed by atoms with E-state index < -0.39 is 12.1 Å². The Morgan fingerprint density at radius 2 is 0.651 bits per heavy atom. The Labute approximate surface area is 386 Å². The zero-order valence-electron chi connectivity index (χ0n) is 40.3. The molecule has 0 rings (SSSR count). The maximum Gasteiger partial charge on any atom is 0.306 e. The van der Waals surface area contributed by atoms with Crippen LogP contribution in [-0.2, 0) is 28.6 Å².